The predicted octanol–water partition coefficient (Wildman–Crippen LogP) is 4.58. The maximum atomic E-state index is 13.5. The van der Waals surface area contributed by atoms with E-state index in [0.29, 0.717) is 5.13 Å². The van der Waals surface area contributed by atoms with E-state index < -0.39 is 5.82 Å². The summed E-state index contributed by atoms with van der Waals surface area (Å²) in [6, 6.07) is 13.5. The summed E-state index contributed by atoms with van der Waals surface area (Å²) in [5.41, 5.74) is 1.86. The number of carbonyl (C=O) groups is 2. The number of anilines is 2. The van der Waals surface area contributed by atoms with Crippen molar-refractivity contribution in [3.05, 3.63) is 59.2 Å². The van der Waals surface area contributed by atoms with E-state index in [1.165, 1.54) is 23.5 Å². The van der Waals surface area contributed by atoms with Gasteiger partial charge in [-0.05, 0) is 43.3 Å². The maximum absolute atomic E-state index is 13.5. The van der Waals surface area contributed by atoms with Gasteiger partial charge in [0.15, 0.2) is 5.13 Å². The molecule has 2 amide bonds. The molecule has 3 rings (SSSR count). The monoisotopic (exact) mass is 445 g/mol. The summed E-state index contributed by atoms with van der Waals surface area (Å²) in [5.74, 6) is -0.244. The molecule has 2 aromatic carbocycles. The van der Waals surface area contributed by atoms with E-state index in [1.807, 2.05) is 31.2 Å². The highest BCUT2D eigenvalue weighted by molar-refractivity contribution is 8.00. The highest BCUT2D eigenvalue weighted by Crippen LogP contribution is 2.31. The van der Waals surface area contributed by atoms with E-state index >= 15 is 0 Å². The molecule has 0 bridgehead atoms. The van der Waals surface area contributed by atoms with Crippen LogP contribution in [0.1, 0.15) is 4.88 Å². The van der Waals surface area contributed by atoms with E-state index in [2.05, 4.69) is 15.6 Å². The number of aromatic nitrogens is 1. The number of amides is 2. The third-order valence-electron chi connectivity index (χ3n) is 4.02. The maximum Gasteiger partial charge on any atom is 0.236 e. The Morgan fingerprint density at radius 3 is 2.40 bits per heavy atom. The standard InChI is InChI=1S/C21H20FN3O3S2/c1-13-20(14-7-9-15(28-2)10-8-14)25-21(30-13)24-19(27)12-29-11-18(26)23-17-6-4-3-5-16(17)22/h3-10H,11-12H2,1-2H3,(H,23,26)(H,24,25,27). The first-order chi connectivity index (χ1) is 14.5. The Kier molecular flexibility index (Phi) is 7.42. The quantitative estimate of drug-likeness (QED) is 0.531. The van der Waals surface area contributed by atoms with E-state index in [9.17, 15) is 14.0 Å². The van der Waals surface area contributed by atoms with Gasteiger partial charge in [0.2, 0.25) is 11.8 Å². The molecule has 6 nitrogen and oxygen atoms in total. The highest BCUT2D eigenvalue weighted by atomic mass is 32.2. The van der Waals surface area contributed by atoms with Crippen LogP contribution < -0.4 is 15.4 Å². The summed E-state index contributed by atoms with van der Waals surface area (Å²) >= 11 is 2.53. The zero-order valence-electron chi connectivity index (χ0n) is 16.4. The lowest BCUT2D eigenvalue weighted by molar-refractivity contribution is -0.114. The number of nitrogens with zero attached hydrogens (tertiary/aromatic N) is 1. The molecule has 0 atom stereocenters. The molecule has 0 saturated carbocycles. The number of carbonyl (C=O) groups excluding carboxylic acids is 2. The van der Waals surface area contributed by atoms with Crippen LogP contribution in [0.3, 0.4) is 0 Å². The molecule has 9 heteroatoms. The number of methoxy groups -OCH3 is 1. The molecule has 0 unspecified atom stereocenters. The zero-order valence-corrected chi connectivity index (χ0v) is 18.0. The van der Waals surface area contributed by atoms with Crippen LogP contribution >= 0.6 is 23.1 Å². The van der Waals surface area contributed by atoms with Crippen molar-refractivity contribution in [2.75, 3.05) is 29.2 Å². The third-order valence-corrected chi connectivity index (χ3v) is 5.84. The molecule has 0 aliphatic rings. The molecular formula is C21H20FN3O3S2. The fourth-order valence-electron chi connectivity index (χ4n) is 2.61. The number of benzene rings is 2. The van der Waals surface area contributed by atoms with Gasteiger partial charge in [-0.15, -0.1) is 23.1 Å². The molecular weight excluding hydrogens is 425 g/mol. The van der Waals surface area contributed by atoms with E-state index in [4.69, 9.17) is 4.74 Å². The molecule has 0 aliphatic carbocycles. The molecule has 3 aromatic rings. The fourth-order valence-corrected chi connectivity index (χ4v) is 4.08. The molecule has 0 spiro atoms. The Balaban J connectivity index is 1.49. The SMILES string of the molecule is COc1ccc(-c2nc(NC(=O)CSCC(=O)Nc3ccccc3F)sc2C)cc1. The minimum atomic E-state index is -0.500. The molecule has 156 valence electrons. The van der Waals surface area contributed by atoms with Gasteiger partial charge in [-0.3, -0.25) is 9.59 Å². The Morgan fingerprint density at radius 1 is 1.07 bits per heavy atom. The minimum Gasteiger partial charge on any atom is -0.497 e. The molecule has 2 N–H and O–H groups in total. The Labute approximate surface area is 181 Å². The predicted molar refractivity (Wildman–Crippen MR) is 120 cm³/mol. The van der Waals surface area contributed by atoms with Gasteiger partial charge >= 0.3 is 0 Å². The first kappa shape index (κ1) is 21.8. The number of aryl methyl sites for hydroxylation is 1. The van der Waals surface area contributed by atoms with Crippen molar-refractivity contribution >= 4 is 45.7 Å². The third kappa shape index (κ3) is 5.80. The zero-order chi connectivity index (χ0) is 21.5. The van der Waals surface area contributed by atoms with Gasteiger partial charge < -0.3 is 15.4 Å². The van der Waals surface area contributed by atoms with Crippen LogP contribution in [0.4, 0.5) is 15.2 Å². The first-order valence-corrected chi connectivity index (χ1v) is 11.0. The molecule has 0 saturated heterocycles. The second-order valence-corrected chi connectivity index (χ2v) is 8.41. The van der Waals surface area contributed by atoms with Crippen LogP contribution in [0.5, 0.6) is 5.75 Å². The molecule has 1 aromatic heterocycles. The molecule has 30 heavy (non-hydrogen) atoms. The second-order valence-electron chi connectivity index (χ2n) is 6.22. The van der Waals surface area contributed by atoms with Gasteiger partial charge in [-0.1, -0.05) is 12.1 Å². The molecule has 1 heterocycles. The van der Waals surface area contributed by atoms with Crippen LogP contribution in [-0.4, -0.2) is 35.4 Å². The first-order valence-electron chi connectivity index (χ1n) is 9.00. The van der Waals surface area contributed by atoms with Gasteiger partial charge in [0.1, 0.15) is 11.6 Å². The smallest absolute Gasteiger partial charge is 0.236 e. The largest absolute Gasteiger partial charge is 0.497 e. The lowest BCUT2D eigenvalue weighted by Crippen LogP contribution is -2.18. The summed E-state index contributed by atoms with van der Waals surface area (Å²) in [4.78, 5) is 29.6. The van der Waals surface area contributed by atoms with Crippen LogP contribution in [0.15, 0.2) is 48.5 Å². The lowest BCUT2D eigenvalue weighted by Gasteiger charge is -2.06. The van der Waals surface area contributed by atoms with Crippen LogP contribution in [0.2, 0.25) is 0 Å². The van der Waals surface area contributed by atoms with Crippen molar-refractivity contribution in [1.29, 1.82) is 0 Å². The average molecular weight is 446 g/mol. The van der Waals surface area contributed by atoms with Gasteiger partial charge in [-0.2, -0.15) is 0 Å². The van der Waals surface area contributed by atoms with Crippen molar-refractivity contribution in [2.45, 2.75) is 6.92 Å². The summed E-state index contributed by atoms with van der Waals surface area (Å²) in [6.07, 6.45) is 0. The number of rotatable bonds is 8. The number of ether oxygens (including phenoxy) is 1. The van der Waals surface area contributed by atoms with Gasteiger partial charge in [0.25, 0.3) is 0 Å². The van der Waals surface area contributed by atoms with E-state index in [1.54, 1.807) is 19.2 Å². The van der Waals surface area contributed by atoms with E-state index in [-0.39, 0.29) is 29.0 Å². The number of thiazole rings is 1. The Hall–Kier alpha value is -2.91. The van der Waals surface area contributed by atoms with Gasteiger partial charge in [0, 0.05) is 10.4 Å². The lowest BCUT2D eigenvalue weighted by atomic mass is 10.1. The molecule has 0 radical (unpaired) electrons. The minimum absolute atomic E-state index is 0.0374. The number of thioether (sulfide) groups is 1. The normalized spacial score (nSPS) is 10.5. The van der Waals surface area contributed by atoms with Gasteiger partial charge in [0.05, 0.1) is 30.0 Å². The summed E-state index contributed by atoms with van der Waals surface area (Å²) < 4.78 is 18.7. The van der Waals surface area contributed by atoms with Crippen molar-refractivity contribution in [3.63, 3.8) is 0 Å². The number of para-hydroxylation sites is 1. The number of hydrogen-bond acceptors (Lipinski definition) is 6. The number of hydrogen-bond donors (Lipinski definition) is 2. The topological polar surface area (TPSA) is 80.3 Å². The number of nitrogens with one attached hydrogen (secondary N) is 2. The second kappa shape index (κ2) is 10.2. The number of halogens is 1. The van der Waals surface area contributed by atoms with Crippen molar-refractivity contribution in [3.8, 4) is 17.0 Å². The summed E-state index contributed by atoms with van der Waals surface area (Å²) in [6.45, 7) is 1.94. The highest BCUT2D eigenvalue weighted by Gasteiger charge is 2.13. The van der Waals surface area contributed by atoms with Crippen molar-refractivity contribution < 1.29 is 18.7 Å². The average Bonchev–Trinajstić information content (AvgIpc) is 3.09. The summed E-state index contributed by atoms with van der Waals surface area (Å²) in [5, 5.41) is 5.74. The Morgan fingerprint density at radius 2 is 1.73 bits per heavy atom. The summed E-state index contributed by atoms with van der Waals surface area (Å²) in [7, 11) is 1.61. The van der Waals surface area contributed by atoms with Crippen molar-refractivity contribution in [1.82, 2.24) is 4.98 Å². The van der Waals surface area contributed by atoms with Crippen LogP contribution in [0.25, 0.3) is 11.3 Å². The van der Waals surface area contributed by atoms with Crippen LogP contribution in [-0.2, 0) is 9.59 Å². The van der Waals surface area contributed by atoms with Crippen molar-refractivity contribution in [2.24, 2.45) is 0 Å². The van der Waals surface area contributed by atoms with Gasteiger partial charge in [-0.25, -0.2) is 9.37 Å². The molecule has 0 aliphatic heterocycles. The van der Waals surface area contributed by atoms with E-state index in [0.717, 1.165) is 33.6 Å². The van der Waals surface area contributed by atoms with Crippen LogP contribution in [0, 0.1) is 12.7 Å². The molecule has 0 fully saturated rings. The fraction of sp³-hybridized carbons (Fsp3) is 0.190. The Bertz CT molecular complexity index is 1040.